The number of fused-ring (bicyclic) bond motifs is 1. The number of H-pyrrole nitrogens is 1. The van der Waals surface area contributed by atoms with E-state index in [-0.39, 0.29) is 18.3 Å². The van der Waals surface area contributed by atoms with E-state index in [9.17, 15) is 14.4 Å². The monoisotopic (exact) mass is 326 g/mol. The lowest BCUT2D eigenvalue weighted by Gasteiger charge is -2.08. The molecule has 7 nitrogen and oxygen atoms in total. The maximum atomic E-state index is 11.9. The van der Waals surface area contributed by atoms with Crippen molar-refractivity contribution < 1.29 is 18.7 Å². The molecule has 0 aliphatic rings. The number of carbonyl (C=O) groups is 2. The number of amides is 1. The van der Waals surface area contributed by atoms with Gasteiger partial charge in [0, 0.05) is 11.3 Å². The van der Waals surface area contributed by atoms with E-state index in [2.05, 4.69) is 10.3 Å². The van der Waals surface area contributed by atoms with Crippen molar-refractivity contribution in [1.82, 2.24) is 4.98 Å². The second-order valence-electron chi connectivity index (χ2n) is 5.14. The van der Waals surface area contributed by atoms with E-state index in [1.54, 1.807) is 42.5 Å². The second-order valence-corrected chi connectivity index (χ2v) is 5.14. The number of rotatable bonds is 5. The Bertz CT molecular complexity index is 953. The van der Waals surface area contributed by atoms with Crippen molar-refractivity contribution in [3.05, 3.63) is 58.6 Å². The van der Waals surface area contributed by atoms with Gasteiger partial charge >= 0.3 is 5.76 Å². The molecule has 0 spiro atoms. The van der Waals surface area contributed by atoms with E-state index < -0.39 is 5.76 Å². The van der Waals surface area contributed by atoms with Gasteiger partial charge in [0.2, 0.25) is 0 Å². The fraction of sp³-hybridized carbons (Fsp3) is 0.118. The molecule has 24 heavy (non-hydrogen) atoms. The lowest BCUT2D eigenvalue weighted by Crippen LogP contribution is -2.20. The summed E-state index contributed by atoms with van der Waals surface area (Å²) in [4.78, 5) is 36.7. The highest BCUT2D eigenvalue weighted by Crippen LogP contribution is 2.16. The zero-order chi connectivity index (χ0) is 17.1. The van der Waals surface area contributed by atoms with Gasteiger partial charge in [-0.1, -0.05) is 0 Å². The summed E-state index contributed by atoms with van der Waals surface area (Å²) in [5.74, 6) is -0.446. The number of oxazole rings is 1. The molecule has 3 rings (SSSR count). The third-order valence-electron chi connectivity index (χ3n) is 3.33. The van der Waals surface area contributed by atoms with E-state index in [1.165, 1.54) is 6.92 Å². The third kappa shape index (κ3) is 3.52. The normalized spacial score (nSPS) is 10.5. The Labute approximate surface area is 136 Å². The molecule has 122 valence electrons. The number of hydrogen-bond acceptors (Lipinski definition) is 5. The molecule has 0 radical (unpaired) electrons. The molecule has 0 unspecified atom stereocenters. The number of aromatic amines is 1. The smallest absolute Gasteiger partial charge is 0.417 e. The highest BCUT2D eigenvalue weighted by Gasteiger charge is 2.07. The average Bonchev–Trinajstić information content (AvgIpc) is 2.92. The van der Waals surface area contributed by atoms with Gasteiger partial charge in [-0.15, -0.1) is 0 Å². The minimum atomic E-state index is -0.550. The van der Waals surface area contributed by atoms with Gasteiger partial charge in [-0.2, -0.15) is 0 Å². The standard InChI is InChI=1S/C17H14N2O5/c1-10(20)11-2-5-13(6-3-11)23-9-16(21)18-12-4-7-15-14(8-12)19-17(22)24-15/h2-8H,9H2,1H3,(H,18,21)(H,19,22). The van der Waals surface area contributed by atoms with Gasteiger partial charge in [0.1, 0.15) is 5.75 Å². The zero-order valence-corrected chi connectivity index (χ0v) is 12.8. The van der Waals surface area contributed by atoms with Crippen molar-refractivity contribution in [3.63, 3.8) is 0 Å². The van der Waals surface area contributed by atoms with Crippen LogP contribution in [-0.4, -0.2) is 23.3 Å². The van der Waals surface area contributed by atoms with E-state index in [4.69, 9.17) is 9.15 Å². The Balaban J connectivity index is 1.60. The molecule has 2 aromatic carbocycles. The fourth-order valence-electron chi connectivity index (χ4n) is 2.16. The Morgan fingerprint density at radius 2 is 1.92 bits per heavy atom. The third-order valence-corrected chi connectivity index (χ3v) is 3.33. The summed E-state index contributed by atoms with van der Waals surface area (Å²) in [6.45, 7) is 1.30. The number of ether oxygens (including phenoxy) is 1. The molecule has 0 aliphatic carbocycles. The minimum absolute atomic E-state index is 0.0352. The molecule has 1 amide bonds. The Morgan fingerprint density at radius 1 is 1.17 bits per heavy atom. The van der Waals surface area contributed by atoms with Crippen LogP contribution in [0, 0.1) is 0 Å². The van der Waals surface area contributed by atoms with Crippen molar-refractivity contribution in [2.75, 3.05) is 11.9 Å². The number of ketones is 1. The molecular formula is C17H14N2O5. The summed E-state index contributed by atoms with van der Waals surface area (Å²) in [5, 5.41) is 2.66. The molecule has 2 N–H and O–H groups in total. The average molecular weight is 326 g/mol. The number of benzene rings is 2. The Hall–Kier alpha value is -3.35. The molecule has 1 aromatic heterocycles. The van der Waals surface area contributed by atoms with Gasteiger partial charge in [0.25, 0.3) is 5.91 Å². The SMILES string of the molecule is CC(=O)c1ccc(OCC(=O)Nc2ccc3oc(=O)[nH]c3c2)cc1. The largest absolute Gasteiger partial charge is 0.484 e. The number of carbonyl (C=O) groups excluding carboxylic acids is 2. The van der Waals surface area contributed by atoms with Gasteiger partial charge < -0.3 is 14.5 Å². The molecule has 0 saturated heterocycles. The number of aromatic nitrogens is 1. The minimum Gasteiger partial charge on any atom is -0.484 e. The van der Waals surface area contributed by atoms with E-state index in [0.717, 1.165) is 0 Å². The first kappa shape index (κ1) is 15.5. The van der Waals surface area contributed by atoms with Crippen LogP contribution in [0.2, 0.25) is 0 Å². The van der Waals surface area contributed by atoms with Gasteiger partial charge in [0.05, 0.1) is 5.52 Å². The van der Waals surface area contributed by atoms with E-state index >= 15 is 0 Å². The van der Waals surface area contributed by atoms with Crippen LogP contribution < -0.4 is 15.8 Å². The molecular weight excluding hydrogens is 312 g/mol. The summed E-state index contributed by atoms with van der Waals surface area (Å²) in [5.41, 5.74) is 2.01. The summed E-state index contributed by atoms with van der Waals surface area (Å²) in [6, 6.07) is 11.3. The van der Waals surface area contributed by atoms with E-state index in [1.807, 2.05) is 0 Å². The molecule has 3 aromatic rings. The van der Waals surface area contributed by atoms with Crippen LogP contribution in [0.4, 0.5) is 5.69 Å². The predicted octanol–water partition coefficient (Wildman–Crippen LogP) is 2.34. The van der Waals surface area contributed by atoms with Crippen molar-refractivity contribution in [1.29, 1.82) is 0 Å². The first-order valence-corrected chi connectivity index (χ1v) is 7.18. The maximum Gasteiger partial charge on any atom is 0.417 e. The van der Waals surface area contributed by atoms with Crippen LogP contribution in [0.5, 0.6) is 5.75 Å². The molecule has 7 heteroatoms. The lowest BCUT2D eigenvalue weighted by atomic mass is 10.1. The quantitative estimate of drug-likeness (QED) is 0.701. The van der Waals surface area contributed by atoms with Crippen LogP contribution in [0.15, 0.2) is 51.7 Å². The van der Waals surface area contributed by atoms with Crippen LogP contribution in [-0.2, 0) is 4.79 Å². The highest BCUT2D eigenvalue weighted by atomic mass is 16.5. The first-order valence-electron chi connectivity index (χ1n) is 7.18. The molecule has 0 fully saturated rings. The molecule has 0 aliphatic heterocycles. The topological polar surface area (TPSA) is 101 Å². The zero-order valence-electron chi connectivity index (χ0n) is 12.8. The predicted molar refractivity (Wildman–Crippen MR) is 87.4 cm³/mol. The number of nitrogens with one attached hydrogen (secondary N) is 2. The maximum absolute atomic E-state index is 11.9. The Morgan fingerprint density at radius 3 is 2.62 bits per heavy atom. The van der Waals surface area contributed by atoms with Crippen LogP contribution in [0.1, 0.15) is 17.3 Å². The van der Waals surface area contributed by atoms with E-state index in [0.29, 0.717) is 28.1 Å². The molecule has 0 atom stereocenters. The van der Waals surface area contributed by atoms with Crippen molar-refractivity contribution in [2.45, 2.75) is 6.92 Å². The number of anilines is 1. The number of Topliss-reactive ketones (excluding diaryl/α,β-unsaturated/α-hetero) is 1. The van der Waals surface area contributed by atoms with Crippen LogP contribution in [0.25, 0.3) is 11.1 Å². The van der Waals surface area contributed by atoms with Crippen molar-refractivity contribution in [2.24, 2.45) is 0 Å². The summed E-state index contributed by atoms with van der Waals surface area (Å²) >= 11 is 0. The summed E-state index contributed by atoms with van der Waals surface area (Å²) in [6.07, 6.45) is 0. The molecule has 0 bridgehead atoms. The van der Waals surface area contributed by atoms with Crippen molar-refractivity contribution >= 4 is 28.5 Å². The molecule has 1 heterocycles. The van der Waals surface area contributed by atoms with Gasteiger partial charge in [-0.25, -0.2) is 4.79 Å². The van der Waals surface area contributed by atoms with Crippen molar-refractivity contribution in [3.8, 4) is 5.75 Å². The second kappa shape index (κ2) is 6.41. The Kier molecular flexibility index (Phi) is 4.15. The lowest BCUT2D eigenvalue weighted by molar-refractivity contribution is -0.118. The number of hydrogen-bond donors (Lipinski definition) is 2. The first-order chi connectivity index (χ1) is 11.5. The van der Waals surface area contributed by atoms with Gasteiger partial charge in [0.15, 0.2) is 18.0 Å². The fourth-order valence-corrected chi connectivity index (χ4v) is 2.16. The summed E-state index contributed by atoms with van der Waals surface area (Å²) < 4.78 is 10.3. The van der Waals surface area contributed by atoms with Crippen LogP contribution in [0.3, 0.4) is 0 Å². The summed E-state index contributed by atoms with van der Waals surface area (Å²) in [7, 11) is 0. The van der Waals surface area contributed by atoms with Crippen LogP contribution >= 0.6 is 0 Å². The van der Waals surface area contributed by atoms with Gasteiger partial charge in [-0.05, 0) is 49.4 Å². The molecule has 0 saturated carbocycles. The highest BCUT2D eigenvalue weighted by molar-refractivity contribution is 5.94. The van der Waals surface area contributed by atoms with Gasteiger partial charge in [-0.3, -0.25) is 14.6 Å².